The number of nitro benzene ring substituents is 1. The third-order valence-corrected chi connectivity index (χ3v) is 6.88. The van der Waals surface area contributed by atoms with Gasteiger partial charge in [0.1, 0.15) is 0 Å². The fourth-order valence-electron chi connectivity index (χ4n) is 4.23. The number of esters is 1. The van der Waals surface area contributed by atoms with Crippen LogP contribution in [0.2, 0.25) is 0 Å². The standard InChI is InChI=1S/C27H29N5O5S/c1-4-37-26(34)23-24(18-8-6-5-7-9-18)29-27-31(25(23)19-10-12-20(13-11-19)32(35)36)21(17-38-27)16-22(33)28-14-15-30(2)3/h5-13,17,25H,4,14-16H2,1-3H3,(H,28,33). The summed E-state index contributed by atoms with van der Waals surface area (Å²) in [4.78, 5) is 45.8. The zero-order valence-corrected chi connectivity index (χ0v) is 22.2. The van der Waals surface area contributed by atoms with Gasteiger partial charge in [0.25, 0.3) is 5.69 Å². The first kappa shape index (κ1) is 27.1. The summed E-state index contributed by atoms with van der Waals surface area (Å²) < 4.78 is 5.48. The molecule has 1 N–H and O–H groups in total. The smallest absolute Gasteiger partial charge is 0.338 e. The molecule has 2 aromatic rings. The topological polar surface area (TPSA) is 117 Å². The van der Waals surface area contributed by atoms with Gasteiger partial charge in [0.2, 0.25) is 5.91 Å². The fraction of sp³-hybridized carbons (Fsp3) is 0.296. The summed E-state index contributed by atoms with van der Waals surface area (Å²) in [5, 5.41) is 16.7. The number of nitrogens with zero attached hydrogens (tertiary/aromatic N) is 4. The second-order valence-corrected chi connectivity index (χ2v) is 9.76. The minimum Gasteiger partial charge on any atom is -0.463 e. The minimum atomic E-state index is -0.701. The van der Waals surface area contributed by atoms with Crippen molar-refractivity contribution in [3.05, 3.63) is 92.5 Å². The third kappa shape index (κ3) is 5.95. The Morgan fingerprint density at radius 3 is 2.50 bits per heavy atom. The molecule has 1 unspecified atom stereocenters. The molecule has 2 aromatic carbocycles. The summed E-state index contributed by atoms with van der Waals surface area (Å²) in [6.07, 6.45) is 0.0830. The zero-order chi connectivity index (χ0) is 27.2. The Kier molecular flexibility index (Phi) is 8.59. The predicted molar refractivity (Wildman–Crippen MR) is 147 cm³/mol. The SMILES string of the molecule is CCOC(=O)C1=C(c2ccccc2)N=C2SC=C(CC(=O)NCCN(C)C)N2C1c1ccc([N+](=O)[O-])cc1. The van der Waals surface area contributed by atoms with Gasteiger partial charge < -0.3 is 19.9 Å². The number of nitrogens with one attached hydrogen (secondary N) is 1. The molecule has 2 heterocycles. The number of aliphatic imine (C=N–C) groups is 1. The van der Waals surface area contributed by atoms with E-state index in [2.05, 4.69) is 5.32 Å². The van der Waals surface area contributed by atoms with E-state index >= 15 is 0 Å². The van der Waals surface area contributed by atoms with Crippen LogP contribution in [0.15, 0.2) is 76.3 Å². The average Bonchev–Trinajstić information content (AvgIpc) is 3.30. The lowest BCUT2D eigenvalue weighted by Crippen LogP contribution is -2.38. The molecule has 38 heavy (non-hydrogen) atoms. The second kappa shape index (κ2) is 12.1. The molecule has 0 radical (unpaired) electrons. The van der Waals surface area contributed by atoms with Gasteiger partial charge >= 0.3 is 5.97 Å². The number of nitro groups is 1. The normalized spacial score (nSPS) is 16.6. The lowest BCUT2D eigenvalue weighted by atomic mass is 9.91. The molecule has 0 fully saturated rings. The van der Waals surface area contributed by atoms with Gasteiger partial charge in [-0.05, 0) is 44.1 Å². The van der Waals surface area contributed by atoms with Crippen LogP contribution in [0.5, 0.6) is 0 Å². The van der Waals surface area contributed by atoms with Gasteiger partial charge in [0.15, 0.2) is 5.17 Å². The van der Waals surface area contributed by atoms with Crippen molar-refractivity contribution in [2.24, 2.45) is 4.99 Å². The molecule has 0 spiro atoms. The number of ether oxygens (including phenoxy) is 1. The van der Waals surface area contributed by atoms with Gasteiger partial charge in [-0.3, -0.25) is 14.9 Å². The molecule has 0 bridgehead atoms. The van der Waals surface area contributed by atoms with Gasteiger partial charge in [-0.2, -0.15) is 0 Å². The van der Waals surface area contributed by atoms with Crippen LogP contribution < -0.4 is 5.32 Å². The van der Waals surface area contributed by atoms with E-state index in [1.54, 1.807) is 19.1 Å². The van der Waals surface area contributed by atoms with Gasteiger partial charge in [-0.1, -0.05) is 42.1 Å². The van der Waals surface area contributed by atoms with Crippen molar-refractivity contribution in [2.75, 3.05) is 33.8 Å². The number of fused-ring (bicyclic) bond motifs is 1. The second-order valence-electron chi connectivity index (χ2n) is 8.92. The van der Waals surface area contributed by atoms with Crippen molar-refractivity contribution in [1.82, 2.24) is 15.1 Å². The maximum Gasteiger partial charge on any atom is 0.338 e. The molecule has 10 nitrogen and oxygen atoms in total. The van der Waals surface area contributed by atoms with E-state index in [1.807, 2.05) is 59.6 Å². The maximum atomic E-state index is 13.5. The number of benzene rings is 2. The number of hydrogen-bond acceptors (Lipinski definition) is 9. The largest absolute Gasteiger partial charge is 0.463 e. The molecular formula is C27H29N5O5S. The Balaban J connectivity index is 1.79. The number of amides is 1. The van der Waals surface area contributed by atoms with Crippen LogP contribution in [0.25, 0.3) is 5.70 Å². The van der Waals surface area contributed by atoms with Crippen LogP contribution in [-0.2, 0) is 14.3 Å². The van der Waals surface area contributed by atoms with Crippen molar-refractivity contribution in [3.63, 3.8) is 0 Å². The molecule has 2 aliphatic heterocycles. The van der Waals surface area contributed by atoms with Crippen LogP contribution in [0.3, 0.4) is 0 Å². The maximum absolute atomic E-state index is 13.5. The Morgan fingerprint density at radius 2 is 1.87 bits per heavy atom. The van der Waals surface area contributed by atoms with Crippen LogP contribution in [0.4, 0.5) is 5.69 Å². The Hall–Kier alpha value is -3.96. The van der Waals surface area contributed by atoms with Crippen molar-refractivity contribution < 1.29 is 19.2 Å². The number of likely N-dealkylation sites (N-methyl/N-ethyl adjacent to an activating group) is 1. The van der Waals surface area contributed by atoms with Crippen molar-refractivity contribution in [2.45, 2.75) is 19.4 Å². The van der Waals surface area contributed by atoms with E-state index in [0.29, 0.717) is 40.8 Å². The Morgan fingerprint density at radius 1 is 1.16 bits per heavy atom. The fourth-order valence-corrected chi connectivity index (χ4v) is 5.15. The number of carbonyl (C=O) groups is 2. The lowest BCUT2D eigenvalue weighted by Gasteiger charge is -2.36. The summed E-state index contributed by atoms with van der Waals surface area (Å²) in [6, 6.07) is 14.7. The first-order valence-electron chi connectivity index (χ1n) is 12.2. The predicted octanol–water partition coefficient (Wildman–Crippen LogP) is 3.94. The number of carbonyl (C=O) groups excluding carboxylic acids is 2. The summed E-state index contributed by atoms with van der Waals surface area (Å²) in [6.45, 7) is 3.11. The molecule has 0 aromatic heterocycles. The van der Waals surface area contributed by atoms with Crippen LogP contribution in [0.1, 0.15) is 30.5 Å². The average molecular weight is 536 g/mol. The molecule has 1 atom stereocenters. The number of rotatable bonds is 10. The van der Waals surface area contributed by atoms with Crippen molar-refractivity contribution >= 4 is 40.2 Å². The van der Waals surface area contributed by atoms with Crippen LogP contribution >= 0.6 is 11.8 Å². The third-order valence-electron chi connectivity index (χ3n) is 6.00. The number of amidine groups is 1. The lowest BCUT2D eigenvalue weighted by molar-refractivity contribution is -0.384. The highest BCUT2D eigenvalue weighted by molar-refractivity contribution is 8.16. The molecule has 4 rings (SSSR count). The summed E-state index contributed by atoms with van der Waals surface area (Å²) in [5.74, 6) is -0.692. The van der Waals surface area contributed by atoms with Crippen LogP contribution in [-0.4, -0.2) is 65.6 Å². The molecule has 1 amide bonds. The summed E-state index contributed by atoms with van der Waals surface area (Å²) >= 11 is 1.37. The van der Waals surface area contributed by atoms with Gasteiger partial charge in [-0.25, -0.2) is 9.79 Å². The molecule has 11 heteroatoms. The van der Waals surface area contributed by atoms with E-state index in [4.69, 9.17) is 9.73 Å². The number of non-ortho nitro benzene ring substituents is 1. The molecular weight excluding hydrogens is 506 g/mol. The van der Waals surface area contributed by atoms with Gasteiger partial charge in [0, 0.05) is 36.5 Å². The Labute approximate surface area is 225 Å². The van der Waals surface area contributed by atoms with Gasteiger partial charge in [0.05, 0.1) is 35.3 Å². The van der Waals surface area contributed by atoms with E-state index < -0.39 is 16.9 Å². The molecule has 198 valence electrons. The van der Waals surface area contributed by atoms with E-state index in [1.165, 1.54) is 23.9 Å². The Bertz CT molecular complexity index is 1300. The summed E-state index contributed by atoms with van der Waals surface area (Å²) in [7, 11) is 3.86. The highest BCUT2D eigenvalue weighted by Gasteiger charge is 2.42. The first-order valence-corrected chi connectivity index (χ1v) is 13.0. The van der Waals surface area contributed by atoms with Gasteiger partial charge in [-0.15, -0.1) is 0 Å². The number of hydrogen-bond donors (Lipinski definition) is 1. The molecule has 0 saturated carbocycles. The highest BCUT2D eigenvalue weighted by atomic mass is 32.2. The molecule has 2 aliphatic rings. The minimum absolute atomic E-state index is 0.0600. The van der Waals surface area contributed by atoms with Crippen molar-refractivity contribution in [3.8, 4) is 0 Å². The summed E-state index contributed by atoms with van der Waals surface area (Å²) in [5.41, 5.74) is 2.77. The number of thioether (sulfide) groups is 1. The monoisotopic (exact) mass is 535 g/mol. The molecule has 0 saturated heterocycles. The first-order chi connectivity index (χ1) is 18.3. The quantitative estimate of drug-likeness (QED) is 0.276. The molecule has 0 aliphatic carbocycles. The van der Waals surface area contributed by atoms with E-state index in [-0.39, 0.29) is 24.6 Å². The van der Waals surface area contributed by atoms with E-state index in [0.717, 1.165) is 5.56 Å². The highest BCUT2D eigenvalue weighted by Crippen LogP contribution is 2.47. The van der Waals surface area contributed by atoms with Crippen molar-refractivity contribution in [1.29, 1.82) is 0 Å². The zero-order valence-electron chi connectivity index (χ0n) is 21.4. The van der Waals surface area contributed by atoms with Crippen LogP contribution in [0, 0.1) is 10.1 Å². The van der Waals surface area contributed by atoms with E-state index in [9.17, 15) is 19.7 Å².